The Morgan fingerprint density at radius 2 is 2.14 bits per heavy atom. The van der Waals surface area contributed by atoms with Gasteiger partial charge < -0.3 is 10.2 Å². The van der Waals surface area contributed by atoms with E-state index in [0.29, 0.717) is 6.54 Å². The first-order valence-corrected chi connectivity index (χ1v) is 4.51. The molecule has 0 spiro atoms. The molecule has 1 aromatic carbocycles. The van der Waals surface area contributed by atoms with Gasteiger partial charge in [-0.25, -0.2) is 4.98 Å². The van der Waals surface area contributed by atoms with Crippen molar-refractivity contribution >= 4 is 0 Å². The number of hydrogen-bond acceptors (Lipinski definition) is 3. The highest BCUT2D eigenvalue weighted by Crippen LogP contribution is 2.24. The van der Waals surface area contributed by atoms with Gasteiger partial charge in [0.05, 0.1) is 0 Å². The summed E-state index contributed by atoms with van der Waals surface area (Å²) in [5.74, 6) is 0.825. The van der Waals surface area contributed by atoms with Gasteiger partial charge in [-0.15, -0.1) is 0 Å². The van der Waals surface area contributed by atoms with Crippen molar-refractivity contribution in [1.82, 2.24) is 4.98 Å². The van der Waals surface area contributed by atoms with E-state index in [0.717, 1.165) is 22.6 Å². The van der Waals surface area contributed by atoms with Crippen molar-refractivity contribution in [3.8, 4) is 11.3 Å². The molecule has 0 amide bonds. The van der Waals surface area contributed by atoms with Gasteiger partial charge in [0.15, 0.2) is 6.39 Å². The van der Waals surface area contributed by atoms with Crippen LogP contribution < -0.4 is 5.73 Å². The standard InChI is InChI=1S/C11H12N2O/c1-8-11(13-7-14-8)10-5-3-2-4-9(10)6-12/h2-5,7H,6,12H2,1H3. The Morgan fingerprint density at radius 1 is 1.36 bits per heavy atom. The zero-order chi connectivity index (χ0) is 9.97. The van der Waals surface area contributed by atoms with Crippen LogP contribution in [0, 0.1) is 6.92 Å². The van der Waals surface area contributed by atoms with Crippen molar-refractivity contribution in [2.45, 2.75) is 13.5 Å². The maximum atomic E-state index is 5.65. The molecule has 0 unspecified atom stereocenters. The van der Waals surface area contributed by atoms with Crippen LogP contribution in [-0.4, -0.2) is 4.98 Å². The van der Waals surface area contributed by atoms with E-state index in [-0.39, 0.29) is 0 Å². The Morgan fingerprint density at radius 3 is 2.79 bits per heavy atom. The van der Waals surface area contributed by atoms with Crippen molar-refractivity contribution in [2.24, 2.45) is 5.73 Å². The number of benzene rings is 1. The normalized spacial score (nSPS) is 10.4. The highest BCUT2D eigenvalue weighted by molar-refractivity contribution is 5.64. The lowest BCUT2D eigenvalue weighted by Gasteiger charge is -2.04. The molecule has 14 heavy (non-hydrogen) atoms. The highest BCUT2D eigenvalue weighted by atomic mass is 16.3. The molecular formula is C11H12N2O. The van der Waals surface area contributed by atoms with Crippen molar-refractivity contribution in [2.75, 3.05) is 0 Å². The molecule has 2 N–H and O–H groups in total. The van der Waals surface area contributed by atoms with Crippen molar-refractivity contribution in [3.05, 3.63) is 42.0 Å². The lowest BCUT2D eigenvalue weighted by atomic mass is 10.0. The summed E-state index contributed by atoms with van der Waals surface area (Å²) in [5, 5.41) is 0. The summed E-state index contributed by atoms with van der Waals surface area (Å²) in [5.41, 5.74) is 8.67. The molecule has 0 aliphatic rings. The lowest BCUT2D eigenvalue weighted by Crippen LogP contribution is -1.99. The summed E-state index contributed by atoms with van der Waals surface area (Å²) in [4.78, 5) is 4.17. The fraction of sp³-hybridized carbons (Fsp3) is 0.182. The Kier molecular flexibility index (Phi) is 2.33. The minimum absolute atomic E-state index is 0.516. The van der Waals surface area contributed by atoms with E-state index in [2.05, 4.69) is 4.98 Å². The third-order valence-electron chi connectivity index (χ3n) is 2.24. The van der Waals surface area contributed by atoms with E-state index in [9.17, 15) is 0 Å². The summed E-state index contributed by atoms with van der Waals surface area (Å²) in [6.07, 6.45) is 1.46. The third kappa shape index (κ3) is 1.42. The molecule has 1 heterocycles. The average molecular weight is 188 g/mol. The first kappa shape index (κ1) is 8.97. The maximum absolute atomic E-state index is 5.65. The van der Waals surface area contributed by atoms with E-state index >= 15 is 0 Å². The molecule has 0 saturated heterocycles. The monoisotopic (exact) mass is 188 g/mol. The van der Waals surface area contributed by atoms with Crippen molar-refractivity contribution in [1.29, 1.82) is 0 Å². The summed E-state index contributed by atoms with van der Waals surface area (Å²) in [6.45, 7) is 2.41. The van der Waals surface area contributed by atoms with E-state index in [1.165, 1.54) is 6.39 Å². The summed E-state index contributed by atoms with van der Waals surface area (Å²) in [7, 11) is 0. The number of nitrogens with two attached hydrogens (primary N) is 1. The molecule has 2 aromatic rings. The van der Waals surface area contributed by atoms with E-state index in [4.69, 9.17) is 10.2 Å². The molecule has 2 rings (SSSR count). The van der Waals surface area contributed by atoms with Crippen LogP contribution in [-0.2, 0) is 6.54 Å². The zero-order valence-corrected chi connectivity index (χ0v) is 8.03. The molecule has 0 aliphatic heterocycles. The molecule has 3 nitrogen and oxygen atoms in total. The van der Waals surface area contributed by atoms with Crippen LogP contribution in [0.15, 0.2) is 35.1 Å². The molecule has 0 bridgehead atoms. The predicted molar refractivity (Wildman–Crippen MR) is 54.6 cm³/mol. The highest BCUT2D eigenvalue weighted by Gasteiger charge is 2.09. The first-order valence-electron chi connectivity index (χ1n) is 4.51. The average Bonchev–Trinajstić information content (AvgIpc) is 2.64. The van der Waals surface area contributed by atoms with E-state index < -0.39 is 0 Å². The molecule has 3 heteroatoms. The van der Waals surface area contributed by atoms with Gasteiger partial charge in [0, 0.05) is 12.1 Å². The topological polar surface area (TPSA) is 52.0 Å². The minimum atomic E-state index is 0.516. The SMILES string of the molecule is Cc1ocnc1-c1ccccc1CN. The lowest BCUT2D eigenvalue weighted by molar-refractivity contribution is 0.527. The quantitative estimate of drug-likeness (QED) is 0.785. The minimum Gasteiger partial charge on any atom is -0.448 e. The Labute approximate surface area is 82.6 Å². The molecule has 0 atom stereocenters. The summed E-state index contributed by atoms with van der Waals surface area (Å²) in [6, 6.07) is 7.96. The van der Waals surface area contributed by atoms with Crippen LogP contribution >= 0.6 is 0 Å². The largest absolute Gasteiger partial charge is 0.448 e. The van der Waals surface area contributed by atoms with Gasteiger partial charge in [-0.1, -0.05) is 24.3 Å². The van der Waals surface area contributed by atoms with Crippen molar-refractivity contribution in [3.63, 3.8) is 0 Å². The number of hydrogen-bond donors (Lipinski definition) is 1. The second kappa shape index (κ2) is 3.64. The zero-order valence-electron chi connectivity index (χ0n) is 8.03. The molecule has 1 aromatic heterocycles. The Hall–Kier alpha value is -1.61. The van der Waals surface area contributed by atoms with Gasteiger partial charge in [0.1, 0.15) is 11.5 Å². The van der Waals surface area contributed by atoms with Gasteiger partial charge >= 0.3 is 0 Å². The molecule has 0 saturated carbocycles. The molecule has 72 valence electrons. The van der Waals surface area contributed by atoms with Crippen LogP contribution in [0.2, 0.25) is 0 Å². The van der Waals surface area contributed by atoms with Gasteiger partial charge in [0.2, 0.25) is 0 Å². The predicted octanol–water partition coefficient (Wildman–Crippen LogP) is 2.11. The first-order chi connectivity index (χ1) is 6.83. The maximum Gasteiger partial charge on any atom is 0.181 e. The fourth-order valence-electron chi connectivity index (χ4n) is 1.49. The third-order valence-corrected chi connectivity index (χ3v) is 2.24. The Bertz CT molecular complexity index is 434. The van der Waals surface area contributed by atoms with Gasteiger partial charge in [-0.05, 0) is 12.5 Å². The number of oxazole rings is 1. The summed E-state index contributed by atoms with van der Waals surface area (Å²) >= 11 is 0. The van der Waals surface area contributed by atoms with Crippen LogP contribution in [0.5, 0.6) is 0 Å². The summed E-state index contributed by atoms with van der Waals surface area (Å²) < 4.78 is 5.17. The molecule has 0 aliphatic carbocycles. The van der Waals surface area contributed by atoms with Crippen LogP contribution in [0.3, 0.4) is 0 Å². The number of aryl methyl sites for hydroxylation is 1. The number of aromatic nitrogens is 1. The second-order valence-corrected chi connectivity index (χ2v) is 3.12. The van der Waals surface area contributed by atoms with Crippen LogP contribution in [0.4, 0.5) is 0 Å². The van der Waals surface area contributed by atoms with Crippen LogP contribution in [0.25, 0.3) is 11.3 Å². The van der Waals surface area contributed by atoms with E-state index in [1.807, 2.05) is 31.2 Å². The Balaban J connectivity index is 2.56. The number of rotatable bonds is 2. The van der Waals surface area contributed by atoms with Crippen LogP contribution in [0.1, 0.15) is 11.3 Å². The van der Waals surface area contributed by atoms with E-state index in [1.54, 1.807) is 0 Å². The van der Waals surface area contributed by atoms with Gasteiger partial charge in [-0.2, -0.15) is 0 Å². The molecule has 0 radical (unpaired) electrons. The number of nitrogens with zero attached hydrogens (tertiary/aromatic N) is 1. The smallest absolute Gasteiger partial charge is 0.181 e. The van der Waals surface area contributed by atoms with Crippen molar-refractivity contribution < 1.29 is 4.42 Å². The molecular weight excluding hydrogens is 176 g/mol. The second-order valence-electron chi connectivity index (χ2n) is 3.12. The van der Waals surface area contributed by atoms with Gasteiger partial charge in [0.25, 0.3) is 0 Å². The van der Waals surface area contributed by atoms with Gasteiger partial charge in [-0.3, -0.25) is 0 Å². The molecule has 0 fully saturated rings. The fourth-order valence-corrected chi connectivity index (χ4v) is 1.49.